The molecule has 0 spiro atoms. The molecule has 18 heavy (non-hydrogen) atoms. The van der Waals surface area contributed by atoms with Gasteiger partial charge in [-0.3, -0.25) is 0 Å². The molecule has 0 aromatic rings. The first kappa shape index (κ1) is 18.4. The molecule has 2 N–H and O–H groups in total. The lowest BCUT2D eigenvalue weighted by Gasteiger charge is -2.47. The summed E-state index contributed by atoms with van der Waals surface area (Å²) in [6.07, 6.45) is 1.11. The van der Waals surface area contributed by atoms with Crippen molar-refractivity contribution in [2.75, 3.05) is 6.54 Å². The highest BCUT2D eigenvalue weighted by Gasteiger charge is 2.48. The van der Waals surface area contributed by atoms with E-state index in [0.29, 0.717) is 16.6 Å². The van der Waals surface area contributed by atoms with Crippen molar-refractivity contribution in [1.82, 2.24) is 0 Å². The smallest absolute Gasteiger partial charge is 0.187 e. The third-order valence-electron chi connectivity index (χ3n) is 4.14. The Morgan fingerprint density at radius 1 is 0.889 bits per heavy atom. The van der Waals surface area contributed by atoms with Crippen LogP contribution in [0, 0.1) is 0 Å². The zero-order valence-corrected chi connectivity index (χ0v) is 15.8. The van der Waals surface area contributed by atoms with Gasteiger partial charge in [0.2, 0.25) is 0 Å². The van der Waals surface area contributed by atoms with Crippen LogP contribution in [0.15, 0.2) is 0 Å². The highest BCUT2D eigenvalue weighted by Crippen LogP contribution is 2.44. The molecular weight excluding hydrogens is 254 g/mol. The SMILES string of the molecule is CC(C)[Si](O[Si](C)(C)CCCN)(C(C)C)C(C)C. The van der Waals surface area contributed by atoms with Gasteiger partial charge in [0.05, 0.1) is 0 Å². The fourth-order valence-corrected chi connectivity index (χ4v) is 15.5. The van der Waals surface area contributed by atoms with Gasteiger partial charge in [0.25, 0.3) is 0 Å². The molecule has 0 saturated heterocycles. The molecule has 0 aliphatic carbocycles. The Morgan fingerprint density at radius 2 is 1.28 bits per heavy atom. The molecule has 0 aromatic carbocycles. The third kappa shape index (κ3) is 4.47. The van der Waals surface area contributed by atoms with E-state index < -0.39 is 16.6 Å². The van der Waals surface area contributed by atoms with Crippen molar-refractivity contribution in [3.63, 3.8) is 0 Å². The minimum absolute atomic E-state index is 0.683. The lowest BCUT2D eigenvalue weighted by atomic mass is 10.5. The molecule has 0 fully saturated rings. The van der Waals surface area contributed by atoms with E-state index in [2.05, 4.69) is 54.6 Å². The van der Waals surface area contributed by atoms with Crippen LogP contribution in [0.2, 0.25) is 35.8 Å². The average Bonchev–Trinajstić information content (AvgIpc) is 2.21. The Morgan fingerprint density at radius 3 is 1.56 bits per heavy atom. The van der Waals surface area contributed by atoms with Gasteiger partial charge in [-0.2, -0.15) is 0 Å². The summed E-state index contributed by atoms with van der Waals surface area (Å²) in [4.78, 5) is 0. The molecule has 110 valence electrons. The number of rotatable bonds is 8. The molecule has 0 radical (unpaired) electrons. The molecule has 0 rings (SSSR count). The Bertz CT molecular complexity index is 218. The summed E-state index contributed by atoms with van der Waals surface area (Å²) >= 11 is 0. The fraction of sp³-hybridized carbons (Fsp3) is 1.00. The molecule has 0 heterocycles. The van der Waals surface area contributed by atoms with Crippen LogP contribution < -0.4 is 5.73 Å². The topological polar surface area (TPSA) is 35.2 Å². The second-order valence-electron chi connectivity index (χ2n) is 7.07. The second kappa shape index (κ2) is 7.22. The summed E-state index contributed by atoms with van der Waals surface area (Å²) in [6, 6.07) is 1.20. The largest absolute Gasteiger partial charge is 0.455 e. The summed E-state index contributed by atoms with van der Waals surface area (Å²) in [6.45, 7) is 19.7. The van der Waals surface area contributed by atoms with Crippen LogP contribution in [0.4, 0.5) is 0 Å². The standard InChI is InChI=1S/C14H35NOSi2/c1-12(2)18(13(3)4,14(5)6)16-17(7,8)11-9-10-15/h12-14H,9-11,15H2,1-8H3. The number of hydrogen-bond acceptors (Lipinski definition) is 2. The monoisotopic (exact) mass is 289 g/mol. The second-order valence-corrected chi connectivity index (χ2v) is 17.1. The van der Waals surface area contributed by atoms with Crippen LogP contribution in [0.3, 0.4) is 0 Å². The Balaban J connectivity index is 5.10. The van der Waals surface area contributed by atoms with E-state index in [1.165, 1.54) is 6.04 Å². The van der Waals surface area contributed by atoms with E-state index in [4.69, 9.17) is 9.85 Å². The fourth-order valence-electron chi connectivity index (χ4n) is 3.41. The van der Waals surface area contributed by atoms with Crippen molar-refractivity contribution in [2.24, 2.45) is 5.73 Å². The van der Waals surface area contributed by atoms with Crippen LogP contribution in [-0.2, 0) is 4.12 Å². The first-order valence-electron chi connectivity index (χ1n) is 7.50. The lowest BCUT2D eigenvalue weighted by molar-refractivity contribution is 0.470. The highest BCUT2D eigenvalue weighted by molar-refractivity contribution is 6.88. The van der Waals surface area contributed by atoms with Crippen molar-refractivity contribution < 1.29 is 4.12 Å². The molecule has 0 aromatic heterocycles. The molecule has 0 amide bonds. The minimum Gasteiger partial charge on any atom is -0.455 e. The maximum Gasteiger partial charge on any atom is 0.187 e. The summed E-state index contributed by atoms with van der Waals surface area (Å²) < 4.78 is 6.93. The molecule has 2 nitrogen and oxygen atoms in total. The quantitative estimate of drug-likeness (QED) is 0.655. The summed E-state index contributed by atoms with van der Waals surface area (Å²) in [5, 5.41) is 0. The molecular formula is C14H35NOSi2. The van der Waals surface area contributed by atoms with Gasteiger partial charge in [-0.25, -0.2) is 0 Å². The first-order chi connectivity index (χ1) is 8.10. The molecule has 0 aliphatic heterocycles. The van der Waals surface area contributed by atoms with Gasteiger partial charge >= 0.3 is 0 Å². The van der Waals surface area contributed by atoms with Gasteiger partial charge in [-0.15, -0.1) is 0 Å². The van der Waals surface area contributed by atoms with Crippen LogP contribution in [0.5, 0.6) is 0 Å². The predicted octanol–water partition coefficient (Wildman–Crippen LogP) is 4.73. The van der Waals surface area contributed by atoms with E-state index in [-0.39, 0.29) is 0 Å². The molecule has 0 atom stereocenters. The van der Waals surface area contributed by atoms with Crippen LogP contribution in [0.1, 0.15) is 48.0 Å². The van der Waals surface area contributed by atoms with E-state index >= 15 is 0 Å². The zero-order valence-electron chi connectivity index (χ0n) is 13.8. The lowest BCUT2D eigenvalue weighted by Crippen LogP contribution is -2.54. The Labute approximate surface area is 117 Å². The zero-order chi connectivity index (χ0) is 14.6. The van der Waals surface area contributed by atoms with Gasteiger partial charge in [0.15, 0.2) is 16.6 Å². The normalized spacial score (nSPS) is 14.0. The molecule has 0 unspecified atom stereocenters. The maximum absolute atomic E-state index is 6.93. The molecule has 0 saturated carbocycles. The van der Waals surface area contributed by atoms with Crippen molar-refractivity contribution >= 4 is 16.6 Å². The number of nitrogens with two attached hydrogens (primary N) is 1. The highest BCUT2D eigenvalue weighted by atomic mass is 28.4. The Kier molecular flexibility index (Phi) is 7.36. The van der Waals surface area contributed by atoms with Gasteiger partial charge in [-0.05, 0) is 48.7 Å². The summed E-state index contributed by atoms with van der Waals surface area (Å²) in [5.74, 6) is 0. The predicted molar refractivity (Wildman–Crippen MR) is 88.1 cm³/mol. The van der Waals surface area contributed by atoms with Gasteiger partial charge in [-0.1, -0.05) is 41.5 Å². The molecule has 0 bridgehead atoms. The Hall–Kier alpha value is 0.354. The van der Waals surface area contributed by atoms with Crippen LogP contribution >= 0.6 is 0 Å². The van der Waals surface area contributed by atoms with E-state index in [0.717, 1.165) is 13.0 Å². The van der Waals surface area contributed by atoms with E-state index in [1.54, 1.807) is 0 Å². The maximum atomic E-state index is 6.93. The van der Waals surface area contributed by atoms with Crippen LogP contribution in [0.25, 0.3) is 0 Å². The van der Waals surface area contributed by atoms with Crippen LogP contribution in [-0.4, -0.2) is 23.2 Å². The number of hydrogen-bond donors (Lipinski definition) is 1. The summed E-state index contributed by atoms with van der Waals surface area (Å²) in [5.41, 5.74) is 7.70. The van der Waals surface area contributed by atoms with Gasteiger partial charge in [0, 0.05) is 0 Å². The summed E-state index contributed by atoms with van der Waals surface area (Å²) in [7, 11) is -3.26. The van der Waals surface area contributed by atoms with Gasteiger partial charge < -0.3 is 9.85 Å². The third-order valence-corrected chi connectivity index (χ3v) is 14.7. The van der Waals surface area contributed by atoms with E-state index in [9.17, 15) is 0 Å². The van der Waals surface area contributed by atoms with Crippen molar-refractivity contribution in [1.29, 1.82) is 0 Å². The van der Waals surface area contributed by atoms with Crippen molar-refractivity contribution in [3.8, 4) is 0 Å². The first-order valence-corrected chi connectivity index (χ1v) is 12.8. The molecule has 4 heteroatoms. The minimum atomic E-state index is -1.69. The van der Waals surface area contributed by atoms with Crippen molar-refractivity contribution in [2.45, 2.75) is 83.7 Å². The van der Waals surface area contributed by atoms with E-state index in [1.807, 2.05) is 0 Å². The van der Waals surface area contributed by atoms with Crippen molar-refractivity contribution in [3.05, 3.63) is 0 Å². The average molecular weight is 290 g/mol. The van der Waals surface area contributed by atoms with Gasteiger partial charge in [0.1, 0.15) is 0 Å². The molecule has 0 aliphatic rings.